The van der Waals surface area contributed by atoms with Crippen molar-refractivity contribution in [3.8, 4) is 16.9 Å². The van der Waals surface area contributed by atoms with E-state index < -0.39 is 17.3 Å². The number of hydrogen-bond donors (Lipinski definition) is 1. The third kappa shape index (κ3) is 5.58. The predicted molar refractivity (Wildman–Crippen MR) is 128 cm³/mol. The highest BCUT2D eigenvalue weighted by molar-refractivity contribution is 5.66. The van der Waals surface area contributed by atoms with E-state index in [9.17, 15) is 18.3 Å². The van der Waals surface area contributed by atoms with Gasteiger partial charge in [-0.1, -0.05) is 37.5 Å². The van der Waals surface area contributed by atoms with Crippen LogP contribution in [0.3, 0.4) is 0 Å². The smallest absolute Gasteiger partial charge is 0.416 e. The largest absolute Gasteiger partial charge is 0.496 e. The van der Waals surface area contributed by atoms with E-state index in [1.54, 1.807) is 7.11 Å². The predicted octanol–water partition coefficient (Wildman–Crippen LogP) is 5.41. The third-order valence-corrected chi connectivity index (χ3v) is 7.56. The van der Waals surface area contributed by atoms with E-state index in [1.807, 2.05) is 18.2 Å². The summed E-state index contributed by atoms with van der Waals surface area (Å²) in [7, 11) is 3.76. The number of nitrogens with zero attached hydrogens (tertiary/aromatic N) is 2. The number of piperazine rings is 1. The Morgan fingerprint density at radius 1 is 0.941 bits per heavy atom. The van der Waals surface area contributed by atoms with E-state index in [0.717, 1.165) is 88.1 Å². The van der Waals surface area contributed by atoms with Gasteiger partial charge in [0.05, 0.1) is 18.3 Å². The maximum atomic E-state index is 13.0. The van der Waals surface area contributed by atoms with Gasteiger partial charge >= 0.3 is 6.18 Å². The minimum Gasteiger partial charge on any atom is -0.496 e. The molecule has 1 aliphatic carbocycles. The number of aliphatic hydroxyl groups is 1. The molecule has 7 heteroatoms. The lowest BCUT2D eigenvalue weighted by atomic mass is 9.72. The van der Waals surface area contributed by atoms with Gasteiger partial charge in [0.25, 0.3) is 0 Å². The number of benzene rings is 2. The molecule has 1 unspecified atom stereocenters. The Morgan fingerprint density at radius 3 is 2.15 bits per heavy atom. The monoisotopic (exact) mass is 476 g/mol. The summed E-state index contributed by atoms with van der Waals surface area (Å²) in [5, 5.41) is 11.9. The Balaban J connectivity index is 1.70. The molecule has 186 valence electrons. The summed E-state index contributed by atoms with van der Waals surface area (Å²) in [5.74, 6) is 0.578. The average molecular weight is 477 g/mol. The van der Waals surface area contributed by atoms with Crippen molar-refractivity contribution in [2.75, 3.05) is 46.9 Å². The van der Waals surface area contributed by atoms with Gasteiger partial charge in [-0.15, -0.1) is 0 Å². The number of likely N-dealkylation sites (N-methyl/N-ethyl adjacent to an activating group) is 1. The minimum atomic E-state index is -4.36. The fourth-order valence-corrected chi connectivity index (χ4v) is 5.40. The van der Waals surface area contributed by atoms with Gasteiger partial charge in [-0.25, -0.2) is 0 Å². The van der Waals surface area contributed by atoms with Crippen molar-refractivity contribution in [3.63, 3.8) is 0 Å². The summed E-state index contributed by atoms with van der Waals surface area (Å²) in [4.78, 5) is 4.73. The lowest BCUT2D eigenvalue weighted by Crippen LogP contribution is -2.50. The molecule has 2 aromatic carbocycles. The molecule has 1 atom stereocenters. The van der Waals surface area contributed by atoms with Crippen LogP contribution in [0.25, 0.3) is 11.1 Å². The molecule has 4 rings (SSSR count). The topological polar surface area (TPSA) is 35.9 Å². The van der Waals surface area contributed by atoms with Crippen LogP contribution in [0, 0.1) is 0 Å². The molecule has 0 aromatic heterocycles. The fraction of sp³-hybridized carbons (Fsp3) is 0.556. The van der Waals surface area contributed by atoms with Crippen LogP contribution in [0.5, 0.6) is 5.75 Å². The van der Waals surface area contributed by atoms with Crippen LogP contribution in [0.2, 0.25) is 0 Å². The summed E-state index contributed by atoms with van der Waals surface area (Å²) in [6.45, 7) is 4.62. The van der Waals surface area contributed by atoms with Gasteiger partial charge in [0, 0.05) is 44.2 Å². The molecule has 34 heavy (non-hydrogen) atoms. The normalized spacial score (nSPS) is 20.8. The zero-order valence-corrected chi connectivity index (χ0v) is 20.1. The highest BCUT2D eigenvalue weighted by Gasteiger charge is 2.41. The lowest BCUT2D eigenvalue weighted by molar-refractivity contribution is -0.137. The maximum absolute atomic E-state index is 13.0. The zero-order chi connectivity index (χ0) is 24.3. The molecule has 4 nitrogen and oxygen atoms in total. The summed E-state index contributed by atoms with van der Waals surface area (Å²) >= 11 is 0. The van der Waals surface area contributed by atoms with Crippen LogP contribution in [0.4, 0.5) is 13.2 Å². The molecule has 1 heterocycles. The molecule has 1 aliphatic heterocycles. The van der Waals surface area contributed by atoms with Crippen molar-refractivity contribution >= 4 is 0 Å². The van der Waals surface area contributed by atoms with E-state index in [1.165, 1.54) is 12.1 Å². The van der Waals surface area contributed by atoms with Crippen LogP contribution < -0.4 is 4.74 Å². The van der Waals surface area contributed by atoms with Crippen molar-refractivity contribution in [2.45, 2.75) is 49.8 Å². The van der Waals surface area contributed by atoms with Gasteiger partial charge in [0.1, 0.15) is 5.75 Å². The van der Waals surface area contributed by atoms with Crippen LogP contribution in [-0.2, 0) is 6.18 Å². The number of alkyl halides is 3. The molecular weight excluding hydrogens is 441 g/mol. The second-order valence-electron chi connectivity index (χ2n) is 9.85. The van der Waals surface area contributed by atoms with Crippen LogP contribution in [0.15, 0.2) is 42.5 Å². The Hall–Kier alpha value is -2.09. The first kappa shape index (κ1) is 25.0. The molecule has 0 radical (unpaired) electrons. The van der Waals surface area contributed by atoms with Crippen LogP contribution in [-0.4, -0.2) is 67.4 Å². The summed E-state index contributed by atoms with van der Waals surface area (Å²) in [6, 6.07) is 11.0. The Kier molecular flexibility index (Phi) is 7.55. The first-order valence-corrected chi connectivity index (χ1v) is 12.2. The molecule has 1 saturated heterocycles. The van der Waals surface area contributed by atoms with Crippen molar-refractivity contribution < 1.29 is 23.0 Å². The Labute approximate surface area is 200 Å². The molecule has 0 spiro atoms. The average Bonchev–Trinajstić information content (AvgIpc) is 2.83. The third-order valence-electron chi connectivity index (χ3n) is 7.56. The van der Waals surface area contributed by atoms with Gasteiger partial charge < -0.3 is 19.6 Å². The van der Waals surface area contributed by atoms with Gasteiger partial charge in [0.15, 0.2) is 0 Å². The summed E-state index contributed by atoms with van der Waals surface area (Å²) in [5.41, 5.74) is 0.990. The molecule has 1 saturated carbocycles. The van der Waals surface area contributed by atoms with Crippen molar-refractivity contribution in [2.24, 2.45) is 0 Å². The molecule has 2 aliphatic rings. The van der Waals surface area contributed by atoms with E-state index in [0.29, 0.717) is 11.3 Å². The second kappa shape index (κ2) is 10.3. The first-order valence-electron chi connectivity index (χ1n) is 12.2. The lowest BCUT2D eigenvalue weighted by Gasteiger charge is -2.43. The van der Waals surface area contributed by atoms with E-state index in [-0.39, 0.29) is 5.92 Å². The standard InChI is InChI=1S/C27H35F3N2O2/c1-31-14-16-32(17-15-31)19-24(26(33)12-4-3-5-13-26)23-18-21(8-11-25(23)34-2)20-6-9-22(10-7-20)27(28,29)30/h6-11,18,24,33H,3-5,12-17,19H2,1-2H3. The van der Waals surface area contributed by atoms with Crippen molar-refractivity contribution in [1.82, 2.24) is 9.80 Å². The highest BCUT2D eigenvalue weighted by atomic mass is 19.4. The molecule has 1 N–H and O–H groups in total. The molecule has 2 aromatic rings. The van der Waals surface area contributed by atoms with E-state index in [4.69, 9.17) is 4.74 Å². The van der Waals surface area contributed by atoms with Gasteiger partial charge in [-0.3, -0.25) is 0 Å². The Bertz CT molecular complexity index is 947. The number of ether oxygens (including phenoxy) is 1. The molecule has 0 amide bonds. The van der Waals surface area contributed by atoms with Gasteiger partial charge in [-0.05, 0) is 55.3 Å². The number of halogens is 3. The van der Waals surface area contributed by atoms with Gasteiger partial charge in [0.2, 0.25) is 0 Å². The summed E-state index contributed by atoms with van der Waals surface area (Å²) in [6.07, 6.45) is 0.263. The number of methoxy groups -OCH3 is 1. The van der Waals surface area contributed by atoms with Crippen molar-refractivity contribution in [1.29, 1.82) is 0 Å². The van der Waals surface area contributed by atoms with Gasteiger partial charge in [-0.2, -0.15) is 13.2 Å². The zero-order valence-electron chi connectivity index (χ0n) is 20.1. The molecule has 2 fully saturated rings. The fourth-order valence-electron chi connectivity index (χ4n) is 5.40. The van der Waals surface area contributed by atoms with Crippen LogP contribution >= 0.6 is 0 Å². The SMILES string of the molecule is COc1ccc(-c2ccc(C(F)(F)F)cc2)cc1C(CN1CCN(C)CC1)C1(O)CCCCC1. The second-order valence-corrected chi connectivity index (χ2v) is 9.85. The quantitative estimate of drug-likeness (QED) is 0.605. The summed E-state index contributed by atoms with van der Waals surface area (Å²) < 4.78 is 44.8. The van der Waals surface area contributed by atoms with E-state index in [2.05, 4.69) is 16.8 Å². The first-order chi connectivity index (χ1) is 16.2. The minimum absolute atomic E-state index is 0.138. The highest BCUT2D eigenvalue weighted by Crippen LogP contribution is 2.44. The Morgan fingerprint density at radius 2 is 1.56 bits per heavy atom. The number of rotatable bonds is 6. The maximum Gasteiger partial charge on any atom is 0.416 e. The molecule has 0 bridgehead atoms. The van der Waals surface area contributed by atoms with Crippen LogP contribution in [0.1, 0.15) is 49.1 Å². The molecular formula is C27H35F3N2O2. The number of hydrogen-bond acceptors (Lipinski definition) is 4. The van der Waals surface area contributed by atoms with Crippen molar-refractivity contribution in [3.05, 3.63) is 53.6 Å². The van der Waals surface area contributed by atoms with E-state index >= 15 is 0 Å².